The van der Waals surface area contributed by atoms with Gasteiger partial charge in [-0.3, -0.25) is 4.79 Å². The van der Waals surface area contributed by atoms with Crippen LogP contribution in [-0.4, -0.2) is 25.2 Å². The number of carbonyl (C=O) groups excluding carboxylic acids is 1. The van der Waals surface area contributed by atoms with E-state index in [4.69, 9.17) is 11.6 Å². The van der Waals surface area contributed by atoms with Crippen LogP contribution in [0.2, 0.25) is 5.02 Å². The second kappa shape index (κ2) is 9.60. The van der Waals surface area contributed by atoms with Crippen LogP contribution in [0.5, 0.6) is 0 Å². The maximum absolute atomic E-state index is 13.6. The van der Waals surface area contributed by atoms with Crippen molar-refractivity contribution in [2.75, 3.05) is 11.9 Å². The molecule has 4 rings (SSSR count). The molecule has 0 spiro atoms. The van der Waals surface area contributed by atoms with Gasteiger partial charge in [-0.15, -0.1) is 0 Å². The molecule has 1 heterocycles. The van der Waals surface area contributed by atoms with Gasteiger partial charge in [0.15, 0.2) is 0 Å². The highest BCUT2D eigenvalue weighted by Crippen LogP contribution is 2.35. The third kappa shape index (κ3) is 5.50. The van der Waals surface area contributed by atoms with Gasteiger partial charge in [0.1, 0.15) is 5.82 Å². The number of sulfonamides is 1. The number of hydrogen-bond acceptors (Lipinski definition) is 3. The Morgan fingerprint density at radius 1 is 1.06 bits per heavy atom. The molecule has 5 nitrogen and oxygen atoms in total. The molecule has 0 aliphatic carbocycles. The van der Waals surface area contributed by atoms with Crippen LogP contribution >= 0.6 is 11.6 Å². The second-order valence-corrected chi connectivity index (χ2v) is 10.4. The highest BCUT2D eigenvalue weighted by atomic mass is 35.5. The second-order valence-electron chi connectivity index (χ2n) is 8.03. The van der Waals surface area contributed by atoms with Crippen molar-refractivity contribution in [1.82, 2.24) is 4.31 Å². The van der Waals surface area contributed by atoms with Gasteiger partial charge in [-0.1, -0.05) is 35.9 Å². The molecule has 1 amide bonds. The van der Waals surface area contributed by atoms with E-state index in [0.717, 1.165) is 24.3 Å². The Labute approximate surface area is 204 Å². The van der Waals surface area contributed by atoms with Crippen molar-refractivity contribution >= 4 is 33.2 Å². The van der Waals surface area contributed by atoms with Gasteiger partial charge in [-0.05, 0) is 59.5 Å². The Hall–Kier alpha value is -2.95. The van der Waals surface area contributed by atoms with Crippen LogP contribution in [-0.2, 0) is 40.4 Å². The summed E-state index contributed by atoms with van der Waals surface area (Å²) in [7, 11) is -3.94. The van der Waals surface area contributed by atoms with Gasteiger partial charge < -0.3 is 5.32 Å². The number of carbonyl (C=O) groups is 1. The maximum atomic E-state index is 13.6. The molecule has 3 aromatic rings. The summed E-state index contributed by atoms with van der Waals surface area (Å²) in [4.78, 5) is 12.5. The minimum absolute atomic E-state index is 0.00707. The number of rotatable bonds is 5. The lowest BCUT2D eigenvalue weighted by atomic mass is 9.98. The normalized spacial score (nSPS) is 14.4. The van der Waals surface area contributed by atoms with Crippen LogP contribution in [0.4, 0.5) is 23.2 Å². The summed E-state index contributed by atoms with van der Waals surface area (Å²) >= 11 is 6.31. The van der Waals surface area contributed by atoms with Gasteiger partial charge in [0.25, 0.3) is 0 Å². The quantitative estimate of drug-likeness (QED) is 0.451. The predicted octanol–water partition coefficient (Wildman–Crippen LogP) is 5.43. The molecule has 1 N–H and O–H groups in total. The Kier molecular flexibility index (Phi) is 6.90. The van der Waals surface area contributed by atoms with Crippen LogP contribution < -0.4 is 5.32 Å². The fraction of sp³-hybridized carbons (Fsp3) is 0.208. The predicted molar refractivity (Wildman–Crippen MR) is 123 cm³/mol. The average Bonchev–Trinajstić information content (AvgIpc) is 2.80. The van der Waals surface area contributed by atoms with E-state index < -0.39 is 33.5 Å². The van der Waals surface area contributed by atoms with Crippen LogP contribution in [0, 0.1) is 5.82 Å². The van der Waals surface area contributed by atoms with Crippen molar-refractivity contribution in [3.8, 4) is 0 Å². The van der Waals surface area contributed by atoms with Gasteiger partial charge >= 0.3 is 6.18 Å². The van der Waals surface area contributed by atoms with E-state index in [1.54, 1.807) is 6.07 Å². The molecule has 0 atom stereocenters. The van der Waals surface area contributed by atoms with E-state index in [-0.39, 0.29) is 35.8 Å². The molecule has 0 bridgehead atoms. The van der Waals surface area contributed by atoms with Crippen molar-refractivity contribution in [3.05, 3.63) is 93.8 Å². The van der Waals surface area contributed by atoms with Crippen molar-refractivity contribution in [3.63, 3.8) is 0 Å². The SMILES string of the molecule is O=C(Cc1ccc(C(F)(F)F)cc1)Nc1c(Cl)ccc2c1CCN(S(=O)(=O)c1cccc(F)c1)C2. The van der Waals surface area contributed by atoms with E-state index in [2.05, 4.69) is 5.32 Å². The molecule has 184 valence electrons. The summed E-state index contributed by atoms with van der Waals surface area (Å²) in [5.41, 5.74) is 1.22. The third-order valence-corrected chi connectivity index (χ3v) is 7.82. The zero-order valence-corrected chi connectivity index (χ0v) is 19.6. The molecule has 0 saturated carbocycles. The van der Waals surface area contributed by atoms with Crippen molar-refractivity contribution in [1.29, 1.82) is 0 Å². The summed E-state index contributed by atoms with van der Waals surface area (Å²) in [5.74, 6) is -1.14. The molecule has 1 aliphatic rings. The topological polar surface area (TPSA) is 66.5 Å². The third-order valence-electron chi connectivity index (χ3n) is 5.66. The minimum Gasteiger partial charge on any atom is -0.324 e. The molecule has 1 aliphatic heterocycles. The van der Waals surface area contributed by atoms with Crippen LogP contribution in [0.1, 0.15) is 22.3 Å². The number of nitrogens with zero attached hydrogens (tertiary/aromatic N) is 1. The Morgan fingerprint density at radius 2 is 1.77 bits per heavy atom. The van der Waals surface area contributed by atoms with Crippen molar-refractivity contribution in [2.45, 2.75) is 30.5 Å². The van der Waals surface area contributed by atoms with Crippen molar-refractivity contribution < 1.29 is 30.8 Å². The van der Waals surface area contributed by atoms with Gasteiger partial charge in [0, 0.05) is 13.1 Å². The molecule has 0 fully saturated rings. The van der Waals surface area contributed by atoms with E-state index in [9.17, 15) is 30.8 Å². The highest BCUT2D eigenvalue weighted by Gasteiger charge is 2.31. The molecule has 0 unspecified atom stereocenters. The van der Waals surface area contributed by atoms with Gasteiger partial charge in [-0.2, -0.15) is 17.5 Å². The Balaban J connectivity index is 1.51. The van der Waals surface area contributed by atoms with Crippen LogP contribution in [0.3, 0.4) is 0 Å². The number of nitrogens with one attached hydrogen (secondary N) is 1. The average molecular weight is 527 g/mol. The molecular weight excluding hydrogens is 508 g/mol. The van der Waals surface area contributed by atoms with Gasteiger partial charge in [-0.25, -0.2) is 12.8 Å². The van der Waals surface area contributed by atoms with Gasteiger partial charge in [0.2, 0.25) is 15.9 Å². The first kappa shape index (κ1) is 25.2. The summed E-state index contributed by atoms with van der Waals surface area (Å²) in [6.45, 7) is 0.0983. The molecule has 0 saturated heterocycles. The summed E-state index contributed by atoms with van der Waals surface area (Å²) in [5, 5.41) is 2.97. The number of amides is 1. The van der Waals surface area contributed by atoms with E-state index in [1.807, 2.05) is 0 Å². The van der Waals surface area contributed by atoms with Crippen LogP contribution in [0.15, 0.2) is 65.6 Å². The van der Waals surface area contributed by atoms with E-state index >= 15 is 0 Å². The zero-order valence-electron chi connectivity index (χ0n) is 18.1. The molecule has 0 aromatic heterocycles. The Bertz CT molecular complexity index is 1380. The first-order valence-corrected chi connectivity index (χ1v) is 12.3. The molecular formula is C24H19ClF4N2O3S. The number of anilines is 1. The molecule has 11 heteroatoms. The number of fused-ring (bicyclic) bond motifs is 1. The summed E-state index contributed by atoms with van der Waals surface area (Å²) in [6, 6.07) is 12.3. The summed E-state index contributed by atoms with van der Waals surface area (Å²) < 4.78 is 78.9. The minimum atomic E-state index is -4.46. The van der Waals surface area contributed by atoms with Gasteiger partial charge in [0.05, 0.1) is 27.6 Å². The lowest BCUT2D eigenvalue weighted by Gasteiger charge is -2.30. The standard InChI is InChI=1S/C24H19ClF4N2O3S/c25-21-9-6-16-14-31(35(33,34)19-3-1-2-18(26)13-19)11-10-20(16)23(21)30-22(32)12-15-4-7-17(8-5-15)24(27,28)29/h1-9,13H,10-12,14H2,(H,30,32). The summed E-state index contributed by atoms with van der Waals surface area (Å²) in [6.07, 6.45) is -4.38. The number of halogens is 5. The van der Waals surface area contributed by atoms with E-state index in [0.29, 0.717) is 22.4 Å². The van der Waals surface area contributed by atoms with Crippen molar-refractivity contribution in [2.24, 2.45) is 0 Å². The number of benzene rings is 3. The Morgan fingerprint density at radius 3 is 2.43 bits per heavy atom. The first-order valence-electron chi connectivity index (χ1n) is 10.5. The van der Waals surface area contributed by atoms with E-state index in [1.165, 1.54) is 34.6 Å². The molecule has 0 radical (unpaired) electrons. The number of hydrogen-bond donors (Lipinski definition) is 1. The smallest absolute Gasteiger partial charge is 0.324 e. The largest absolute Gasteiger partial charge is 0.416 e. The highest BCUT2D eigenvalue weighted by molar-refractivity contribution is 7.89. The molecule has 3 aromatic carbocycles. The monoisotopic (exact) mass is 526 g/mol. The lowest BCUT2D eigenvalue weighted by Crippen LogP contribution is -2.36. The molecule has 35 heavy (non-hydrogen) atoms. The van der Waals surface area contributed by atoms with Crippen LogP contribution in [0.25, 0.3) is 0 Å². The maximum Gasteiger partial charge on any atom is 0.416 e. The number of alkyl halides is 3. The first-order chi connectivity index (χ1) is 16.4. The zero-order chi connectivity index (χ0) is 25.4. The fourth-order valence-corrected chi connectivity index (χ4v) is 5.57. The lowest BCUT2D eigenvalue weighted by molar-refractivity contribution is -0.137. The fourth-order valence-electron chi connectivity index (χ4n) is 3.90.